The van der Waals surface area contributed by atoms with Gasteiger partial charge in [-0.1, -0.05) is 213 Å². The lowest BCUT2D eigenvalue weighted by atomic mass is 9.70. The molecule has 324 valence electrons. The van der Waals surface area contributed by atoms with Crippen LogP contribution in [0.5, 0.6) is 0 Å². The zero-order chi connectivity index (χ0) is 45.9. The first-order chi connectivity index (χ1) is 34.2. The van der Waals surface area contributed by atoms with E-state index in [4.69, 9.17) is 19.4 Å². The number of hydrogen-bond donors (Lipinski definition) is 0. The summed E-state index contributed by atoms with van der Waals surface area (Å²) in [6.45, 7) is 4.15. The summed E-state index contributed by atoms with van der Waals surface area (Å²) >= 11 is 0. The van der Waals surface area contributed by atoms with Gasteiger partial charge in [0.25, 0.3) is 0 Å². The molecule has 2 heterocycles. The fraction of sp³-hybridized carbons (Fsp3) is 0.0156. The number of nitrogens with zero attached hydrogens (tertiary/aromatic N) is 4. The van der Waals surface area contributed by atoms with Crippen LogP contribution in [0.15, 0.2) is 242 Å². The molecule has 69 heavy (non-hydrogen) atoms. The van der Waals surface area contributed by atoms with Gasteiger partial charge in [-0.2, -0.15) is 0 Å². The number of benzene rings is 9. The van der Waals surface area contributed by atoms with Gasteiger partial charge in [0.15, 0.2) is 17.5 Å². The van der Waals surface area contributed by atoms with Gasteiger partial charge >= 0.3 is 0 Å². The largest absolute Gasteiger partial charge is 0.456 e. The van der Waals surface area contributed by atoms with Gasteiger partial charge in [0, 0.05) is 44.7 Å². The quantitative estimate of drug-likeness (QED) is 0.152. The van der Waals surface area contributed by atoms with E-state index in [1.165, 1.54) is 44.5 Å². The zero-order valence-electron chi connectivity index (χ0n) is 37.5. The molecular formula is C64H42N4O. The van der Waals surface area contributed by atoms with E-state index in [9.17, 15) is 0 Å². The van der Waals surface area contributed by atoms with Crippen molar-refractivity contribution < 1.29 is 4.42 Å². The molecule has 0 N–H and O–H groups in total. The van der Waals surface area contributed by atoms with E-state index < -0.39 is 5.41 Å². The summed E-state index contributed by atoms with van der Waals surface area (Å²) < 4.78 is 6.83. The van der Waals surface area contributed by atoms with Crippen LogP contribution in [-0.4, -0.2) is 15.0 Å². The minimum Gasteiger partial charge on any atom is -0.456 e. The molecule has 1 spiro atoms. The van der Waals surface area contributed by atoms with E-state index in [0.717, 1.165) is 49.8 Å². The average Bonchev–Trinajstić information content (AvgIpc) is 4.04. The highest BCUT2D eigenvalue weighted by Crippen LogP contribution is 2.63. The summed E-state index contributed by atoms with van der Waals surface area (Å²) in [5.74, 6) is 1.72. The van der Waals surface area contributed by atoms with Gasteiger partial charge in [-0.15, -0.1) is 0 Å². The Labute approximate surface area is 400 Å². The molecule has 13 rings (SSSR count). The standard InChI is InChI=1S/C64H42N4O/c1-2-21-58-52(60-51(32-20-37-59(60)69-58)63-66-61(43-24-8-4-9-25-43)65-62(67-63)44-26-10-5-11-27-44)41-68(57-36-19-15-28-46(57)42-22-6-3-7-23-42)45-38-39-50-49-31-14-18-35-55(49)64(56(50)40-45)53-33-16-12-29-47(53)48-30-13-17-34-54(48)64/h2-41H,1H2/b52-41+,58-21+. The zero-order valence-corrected chi connectivity index (χ0v) is 37.5. The highest BCUT2D eigenvalue weighted by molar-refractivity contribution is 5.99. The summed E-state index contributed by atoms with van der Waals surface area (Å²) in [6.07, 6.45) is 5.96. The van der Waals surface area contributed by atoms with Gasteiger partial charge in [0.1, 0.15) is 11.0 Å². The maximum absolute atomic E-state index is 6.83. The molecule has 9 aromatic carbocycles. The SMILES string of the molecule is C=C/C=c1/oc2cccc(-c3nc(-c4ccccc4)nc(-c4ccccc4)n3)c2/c1=C/N(c1ccc2c(c1)C1(c3ccccc3-c3ccccc31)c1ccccc1-2)c1ccccc1-c1ccccc1. The molecule has 5 nitrogen and oxygen atoms in total. The fourth-order valence-corrected chi connectivity index (χ4v) is 10.9. The molecule has 0 unspecified atom stereocenters. The maximum atomic E-state index is 6.83. The van der Waals surface area contributed by atoms with Crippen LogP contribution in [0, 0.1) is 0 Å². The Morgan fingerprint density at radius 2 is 0.899 bits per heavy atom. The predicted octanol–water partition coefficient (Wildman–Crippen LogP) is 14.2. The number of rotatable bonds is 8. The van der Waals surface area contributed by atoms with Gasteiger partial charge < -0.3 is 9.32 Å². The first-order valence-corrected chi connectivity index (χ1v) is 23.3. The van der Waals surface area contributed by atoms with Crippen LogP contribution in [0.4, 0.5) is 11.4 Å². The molecule has 0 bridgehead atoms. The molecule has 2 aliphatic rings. The highest BCUT2D eigenvalue weighted by atomic mass is 16.3. The number of hydrogen-bond acceptors (Lipinski definition) is 5. The second-order valence-corrected chi connectivity index (χ2v) is 17.5. The molecule has 11 aromatic rings. The molecule has 0 atom stereocenters. The van der Waals surface area contributed by atoms with E-state index in [0.29, 0.717) is 28.5 Å². The van der Waals surface area contributed by atoms with Crippen molar-refractivity contribution >= 4 is 34.6 Å². The van der Waals surface area contributed by atoms with E-state index in [-0.39, 0.29) is 0 Å². The third-order valence-electron chi connectivity index (χ3n) is 13.8. The van der Waals surface area contributed by atoms with Crippen LogP contribution in [0.3, 0.4) is 0 Å². The third kappa shape index (κ3) is 6.36. The number of aromatic nitrogens is 3. The second kappa shape index (κ2) is 16.3. The van der Waals surface area contributed by atoms with Crippen LogP contribution < -0.4 is 15.5 Å². The molecule has 0 saturated heterocycles. The van der Waals surface area contributed by atoms with E-state index in [1.54, 1.807) is 6.08 Å². The van der Waals surface area contributed by atoms with Crippen molar-refractivity contribution in [3.05, 3.63) is 270 Å². The first-order valence-electron chi connectivity index (χ1n) is 23.3. The van der Waals surface area contributed by atoms with Gasteiger partial charge in [0.05, 0.1) is 11.1 Å². The van der Waals surface area contributed by atoms with Gasteiger partial charge in [-0.05, 0) is 80.4 Å². The lowest BCUT2D eigenvalue weighted by Crippen LogP contribution is -2.27. The Morgan fingerprint density at radius 3 is 1.48 bits per heavy atom. The summed E-state index contributed by atoms with van der Waals surface area (Å²) in [5, 5.41) is 1.74. The Morgan fingerprint density at radius 1 is 0.420 bits per heavy atom. The molecule has 5 heteroatoms. The number of fused-ring (bicyclic) bond motifs is 11. The number of allylic oxidation sites excluding steroid dienone is 1. The number of anilines is 2. The van der Waals surface area contributed by atoms with Crippen molar-refractivity contribution in [1.29, 1.82) is 0 Å². The van der Waals surface area contributed by atoms with Crippen LogP contribution in [0.2, 0.25) is 0 Å². The maximum Gasteiger partial charge on any atom is 0.164 e. The van der Waals surface area contributed by atoms with Crippen molar-refractivity contribution in [3.8, 4) is 67.5 Å². The normalized spacial score (nSPS) is 13.3. The molecule has 0 amide bonds. The summed E-state index contributed by atoms with van der Waals surface area (Å²) in [6, 6.07) is 79.4. The average molecular weight is 883 g/mol. The number of para-hydroxylation sites is 1. The third-order valence-corrected chi connectivity index (χ3v) is 13.8. The van der Waals surface area contributed by atoms with Gasteiger partial charge in [0.2, 0.25) is 0 Å². The Kier molecular flexibility index (Phi) is 9.48. The fourth-order valence-electron chi connectivity index (χ4n) is 10.9. The molecular weight excluding hydrogens is 841 g/mol. The Hall–Kier alpha value is -9.19. The topological polar surface area (TPSA) is 55.1 Å². The van der Waals surface area contributed by atoms with Gasteiger partial charge in [-0.25, -0.2) is 15.0 Å². The molecule has 0 fully saturated rings. The van der Waals surface area contributed by atoms with E-state index >= 15 is 0 Å². The Balaban J connectivity index is 1.11. The molecule has 0 saturated carbocycles. The van der Waals surface area contributed by atoms with Crippen molar-refractivity contribution in [2.24, 2.45) is 0 Å². The van der Waals surface area contributed by atoms with E-state index in [1.807, 2.05) is 78.9 Å². The lowest BCUT2D eigenvalue weighted by molar-refractivity contribution is 0.575. The van der Waals surface area contributed by atoms with Crippen LogP contribution in [-0.2, 0) is 5.41 Å². The van der Waals surface area contributed by atoms with Crippen molar-refractivity contribution in [2.45, 2.75) is 5.41 Å². The second-order valence-electron chi connectivity index (χ2n) is 17.5. The van der Waals surface area contributed by atoms with Crippen molar-refractivity contribution in [2.75, 3.05) is 4.90 Å². The van der Waals surface area contributed by atoms with Crippen molar-refractivity contribution in [3.63, 3.8) is 0 Å². The highest BCUT2D eigenvalue weighted by Gasteiger charge is 2.51. The molecule has 2 aliphatic carbocycles. The number of furan rings is 1. The Bertz CT molecular complexity index is 3810. The lowest BCUT2D eigenvalue weighted by Gasteiger charge is -2.31. The van der Waals surface area contributed by atoms with Crippen LogP contribution in [0.25, 0.3) is 90.8 Å². The minimum absolute atomic E-state index is 0.525. The van der Waals surface area contributed by atoms with Crippen molar-refractivity contribution in [1.82, 2.24) is 15.0 Å². The van der Waals surface area contributed by atoms with Crippen LogP contribution in [0.1, 0.15) is 22.3 Å². The summed E-state index contributed by atoms with van der Waals surface area (Å²) in [4.78, 5) is 17.8. The molecule has 0 aliphatic heterocycles. The van der Waals surface area contributed by atoms with Gasteiger partial charge in [-0.3, -0.25) is 0 Å². The minimum atomic E-state index is -0.525. The first kappa shape index (κ1) is 40.1. The molecule has 2 aromatic heterocycles. The molecule has 0 radical (unpaired) electrons. The van der Waals surface area contributed by atoms with Crippen LogP contribution >= 0.6 is 0 Å². The smallest absolute Gasteiger partial charge is 0.164 e. The monoisotopic (exact) mass is 882 g/mol. The van der Waals surface area contributed by atoms with E-state index in [2.05, 4.69) is 169 Å². The summed E-state index contributed by atoms with van der Waals surface area (Å²) in [7, 11) is 0. The summed E-state index contributed by atoms with van der Waals surface area (Å²) in [5.41, 5.74) is 17.8. The predicted molar refractivity (Wildman–Crippen MR) is 281 cm³/mol.